The molecule has 2 fully saturated rings. The van der Waals surface area contributed by atoms with Gasteiger partial charge in [-0.2, -0.15) is 0 Å². The van der Waals surface area contributed by atoms with E-state index in [1.54, 1.807) is 11.4 Å². The highest BCUT2D eigenvalue weighted by Crippen LogP contribution is 2.21. The minimum atomic E-state index is -3.37. The van der Waals surface area contributed by atoms with Gasteiger partial charge in [-0.1, -0.05) is 37.3 Å². The number of hydrogen-bond donors (Lipinski definition) is 0. The molecular formula is C22H35N3O3S. The molecule has 6 nitrogen and oxygen atoms in total. The number of rotatable bonds is 6. The van der Waals surface area contributed by atoms with Crippen molar-refractivity contribution in [1.29, 1.82) is 0 Å². The third-order valence-corrected chi connectivity index (χ3v) is 8.30. The Labute approximate surface area is 175 Å². The van der Waals surface area contributed by atoms with Gasteiger partial charge < -0.3 is 4.90 Å². The van der Waals surface area contributed by atoms with Crippen molar-refractivity contribution < 1.29 is 13.2 Å². The highest BCUT2D eigenvalue weighted by atomic mass is 32.2. The van der Waals surface area contributed by atoms with Gasteiger partial charge in [-0.25, -0.2) is 12.7 Å². The van der Waals surface area contributed by atoms with E-state index in [0.717, 1.165) is 44.0 Å². The summed E-state index contributed by atoms with van der Waals surface area (Å²) in [5, 5.41) is 0. The fraction of sp³-hybridized carbons (Fsp3) is 0.682. The van der Waals surface area contributed by atoms with Crippen molar-refractivity contribution in [2.45, 2.75) is 50.8 Å². The third kappa shape index (κ3) is 6.27. The van der Waals surface area contributed by atoms with E-state index >= 15 is 0 Å². The van der Waals surface area contributed by atoms with Gasteiger partial charge in [-0.15, -0.1) is 0 Å². The first-order valence-corrected chi connectivity index (χ1v) is 12.5. The molecule has 2 aliphatic rings. The lowest BCUT2D eigenvalue weighted by Gasteiger charge is -2.31. The molecule has 0 radical (unpaired) electrons. The molecule has 1 aromatic carbocycles. The molecule has 29 heavy (non-hydrogen) atoms. The normalized spacial score (nSPS) is 22.6. The van der Waals surface area contributed by atoms with Gasteiger partial charge in [0.15, 0.2) is 0 Å². The maximum atomic E-state index is 12.9. The summed E-state index contributed by atoms with van der Waals surface area (Å²) >= 11 is 0. The quantitative estimate of drug-likeness (QED) is 0.708. The number of hydrogen-bond acceptors (Lipinski definition) is 4. The molecule has 7 heteroatoms. The van der Waals surface area contributed by atoms with E-state index in [0.29, 0.717) is 19.5 Å². The van der Waals surface area contributed by atoms with Crippen molar-refractivity contribution in [2.24, 2.45) is 5.92 Å². The predicted molar refractivity (Wildman–Crippen MR) is 116 cm³/mol. The topological polar surface area (TPSA) is 60.9 Å². The smallest absolute Gasteiger partial charge is 0.236 e. The van der Waals surface area contributed by atoms with Gasteiger partial charge in [0.1, 0.15) is 0 Å². The second-order valence-corrected chi connectivity index (χ2v) is 10.7. The van der Waals surface area contributed by atoms with Crippen molar-refractivity contribution >= 4 is 15.9 Å². The molecule has 2 heterocycles. The second kappa shape index (κ2) is 10.0. The van der Waals surface area contributed by atoms with Crippen molar-refractivity contribution in [3.05, 3.63) is 35.9 Å². The van der Waals surface area contributed by atoms with Crippen LogP contribution in [-0.2, 0) is 20.6 Å². The van der Waals surface area contributed by atoms with Crippen LogP contribution in [0.3, 0.4) is 0 Å². The van der Waals surface area contributed by atoms with E-state index < -0.39 is 10.0 Å². The molecule has 3 rings (SSSR count). The Hall–Kier alpha value is -1.44. The lowest BCUT2D eigenvalue weighted by molar-refractivity contribution is -0.132. The summed E-state index contributed by atoms with van der Waals surface area (Å²) in [4.78, 5) is 17.0. The van der Waals surface area contributed by atoms with Crippen LogP contribution in [-0.4, -0.2) is 74.2 Å². The fourth-order valence-corrected chi connectivity index (χ4v) is 5.80. The summed E-state index contributed by atoms with van der Waals surface area (Å²) in [5.41, 5.74) is 0.806. The Morgan fingerprint density at radius 2 is 1.72 bits per heavy atom. The van der Waals surface area contributed by atoms with E-state index in [4.69, 9.17) is 0 Å². The first-order chi connectivity index (χ1) is 13.8. The lowest BCUT2D eigenvalue weighted by Crippen LogP contribution is -2.44. The van der Waals surface area contributed by atoms with Crippen molar-refractivity contribution in [2.75, 3.05) is 39.8 Å². The molecule has 1 atom stereocenters. The molecule has 0 saturated carbocycles. The molecule has 0 aliphatic carbocycles. The summed E-state index contributed by atoms with van der Waals surface area (Å²) in [7, 11) is -1.68. The molecule has 1 aromatic rings. The minimum absolute atomic E-state index is 0.0247. The Morgan fingerprint density at radius 3 is 2.41 bits per heavy atom. The number of benzene rings is 1. The zero-order valence-corrected chi connectivity index (χ0v) is 18.6. The molecule has 1 amide bonds. The van der Waals surface area contributed by atoms with E-state index in [-0.39, 0.29) is 17.7 Å². The fourth-order valence-electron chi connectivity index (χ4n) is 4.32. The first kappa shape index (κ1) is 22.2. The second-order valence-electron chi connectivity index (χ2n) is 8.68. The maximum absolute atomic E-state index is 12.9. The molecule has 1 unspecified atom stereocenters. The van der Waals surface area contributed by atoms with Gasteiger partial charge in [0.2, 0.25) is 15.9 Å². The van der Waals surface area contributed by atoms with Crippen LogP contribution in [0.15, 0.2) is 30.3 Å². The van der Waals surface area contributed by atoms with Crippen molar-refractivity contribution in [1.82, 2.24) is 14.1 Å². The van der Waals surface area contributed by atoms with Crippen molar-refractivity contribution in [3.8, 4) is 0 Å². The van der Waals surface area contributed by atoms with E-state index in [2.05, 4.69) is 11.8 Å². The van der Waals surface area contributed by atoms with Crippen LogP contribution < -0.4 is 0 Å². The molecule has 0 bridgehead atoms. The van der Waals surface area contributed by atoms with Crippen LogP contribution in [0.5, 0.6) is 0 Å². The molecule has 2 saturated heterocycles. The largest absolute Gasteiger partial charge is 0.342 e. The number of sulfonamides is 1. The van der Waals surface area contributed by atoms with Gasteiger partial charge in [0, 0.05) is 26.2 Å². The maximum Gasteiger partial charge on any atom is 0.236 e. The van der Waals surface area contributed by atoms with Crippen LogP contribution in [0.4, 0.5) is 0 Å². The average Bonchev–Trinajstić information content (AvgIpc) is 2.96. The monoisotopic (exact) mass is 421 g/mol. The van der Waals surface area contributed by atoms with Gasteiger partial charge in [-0.3, -0.25) is 9.69 Å². The number of nitrogens with zero attached hydrogens (tertiary/aromatic N) is 3. The van der Waals surface area contributed by atoms with E-state index in [1.807, 2.05) is 35.2 Å². The lowest BCUT2D eigenvalue weighted by atomic mass is 9.99. The molecular weight excluding hydrogens is 386 g/mol. The standard InChI is InChI=1S/C22H35N3O3S/c1-19-10-14-24(15-11-19)17-22(26)25-13-6-9-21(12-16-25)23(2)29(27,28)18-20-7-4-3-5-8-20/h3-5,7-8,19,21H,6,9-18H2,1-2H3. The molecule has 162 valence electrons. The Kier molecular flexibility index (Phi) is 7.71. The number of carbonyl (C=O) groups is 1. The number of amides is 1. The van der Waals surface area contributed by atoms with E-state index in [1.165, 1.54) is 12.8 Å². The predicted octanol–water partition coefficient (Wildman–Crippen LogP) is 2.56. The summed E-state index contributed by atoms with van der Waals surface area (Å²) in [6.45, 7) is 6.15. The van der Waals surface area contributed by atoms with Crippen LogP contribution in [0.1, 0.15) is 44.6 Å². The zero-order valence-electron chi connectivity index (χ0n) is 17.8. The summed E-state index contributed by atoms with van der Waals surface area (Å²) in [6, 6.07) is 9.27. The molecule has 0 aromatic heterocycles. The molecule has 0 N–H and O–H groups in total. The van der Waals surface area contributed by atoms with E-state index in [9.17, 15) is 13.2 Å². The number of likely N-dealkylation sites (tertiary alicyclic amines) is 2. The SMILES string of the molecule is CC1CCN(CC(=O)N2CCCC(N(C)S(=O)(=O)Cc3ccccc3)CC2)CC1. The number of carbonyl (C=O) groups excluding carboxylic acids is 1. The summed E-state index contributed by atoms with van der Waals surface area (Å²) in [6.07, 6.45) is 4.68. The van der Waals surface area contributed by atoms with Crippen LogP contribution in [0.2, 0.25) is 0 Å². The zero-order chi connectivity index (χ0) is 20.9. The van der Waals surface area contributed by atoms with Crippen LogP contribution >= 0.6 is 0 Å². The third-order valence-electron chi connectivity index (χ3n) is 6.43. The molecule has 2 aliphatic heterocycles. The minimum Gasteiger partial charge on any atom is -0.342 e. The van der Waals surface area contributed by atoms with Gasteiger partial charge in [0.25, 0.3) is 0 Å². The van der Waals surface area contributed by atoms with Crippen LogP contribution in [0.25, 0.3) is 0 Å². The van der Waals surface area contributed by atoms with Gasteiger partial charge in [-0.05, 0) is 56.7 Å². The van der Waals surface area contributed by atoms with Gasteiger partial charge >= 0.3 is 0 Å². The summed E-state index contributed by atoms with van der Waals surface area (Å²) in [5.74, 6) is 0.973. The Morgan fingerprint density at radius 1 is 1.03 bits per heavy atom. The van der Waals surface area contributed by atoms with Gasteiger partial charge in [0.05, 0.1) is 12.3 Å². The average molecular weight is 422 g/mol. The first-order valence-electron chi connectivity index (χ1n) is 10.8. The van der Waals surface area contributed by atoms with Crippen LogP contribution in [0, 0.1) is 5.92 Å². The highest BCUT2D eigenvalue weighted by molar-refractivity contribution is 7.88. The molecule has 0 spiro atoms. The highest BCUT2D eigenvalue weighted by Gasteiger charge is 2.30. The Balaban J connectivity index is 1.52. The summed E-state index contributed by atoms with van der Waals surface area (Å²) < 4.78 is 27.3. The Bertz CT molecular complexity index is 761. The van der Waals surface area contributed by atoms with Crippen molar-refractivity contribution in [3.63, 3.8) is 0 Å². The number of piperidine rings is 1.